The van der Waals surface area contributed by atoms with Crippen molar-refractivity contribution in [2.45, 2.75) is 6.92 Å². The van der Waals surface area contributed by atoms with E-state index in [4.69, 9.17) is 5.11 Å². The van der Waals surface area contributed by atoms with Crippen molar-refractivity contribution in [3.05, 3.63) is 41.7 Å². The number of carboxylic acids is 1. The molecule has 1 aromatic carbocycles. The monoisotopic (exact) mass is 209 g/mol. The predicted octanol–water partition coefficient (Wildman–Crippen LogP) is 2.19. The molecule has 0 aliphatic carbocycles. The first-order valence-electron chi connectivity index (χ1n) is 4.49. The summed E-state index contributed by atoms with van der Waals surface area (Å²) in [6, 6.07) is 4.77. The van der Waals surface area contributed by atoms with Crippen molar-refractivity contribution in [2.24, 2.45) is 0 Å². The topological polar surface area (TPSA) is 49.3 Å². The molecule has 0 amide bonds. The number of aliphatic carboxylic acids is 1. The Labute approximate surface area is 87.2 Å². The van der Waals surface area contributed by atoms with Gasteiger partial charge in [-0.2, -0.15) is 0 Å². The van der Waals surface area contributed by atoms with E-state index in [0.29, 0.717) is 5.69 Å². The Balaban J connectivity index is 2.61. The number of halogens is 1. The van der Waals surface area contributed by atoms with Crippen molar-refractivity contribution in [2.75, 3.05) is 11.9 Å². The average Bonchev–Trinajstić information content (AvgIpc) is 2.15. The van der Waals surface area contributed by atoms with Crippen LogP contribution in [-0.2, 0) is 4.79 Å². The minimum atomic E-state index is -1.01. The molecule has 0 heterocycles. The molecule has 3 nitrogen and oxygen atoms in total. The van der Waals surface area contributed by atoms with Crippen LogP contribution >= 0.6 is 0 Å². The van der Waals surface area contributed by atoms with Gasteiger partial charge in [-0.05, 0) is 18.6 Å². The van der Waals surface area contributed by atoms with E-state index in [1.165, 1.54) is 12.1 Å². The third-order valence-corrected chi connectivity index (χ3v) is 1.88. The molecule has 0 aliphatic heterocycles. The van der Waals surface area contributed by atoms with Crippen LogP contribution in [0.4, 0.5) is 10.1 Å². The van der Waals surface area contributed by atoms with E-state index < -0.39 is 5.97 Å². The lowest BCUT2D eigenvalue weighted by Gasteiger charge is -2.07. The van der Waals surface area contributed by atoms with E-state index >= 15 is 0 Å². The van der Waals surface area contributed by atoms with Crippen molar-refractivity contribution < 1.29 is 14.3 Å². The van der Waals surface area contributed by atoms with Gasteiger partial charge in [0.15, 0.2) is 0 Å². The van der Waals surface area contributed by atoms with Crippen molar-refractivity contribution in [3.8, 4) is 0 Å². The van der Waals surface area contributed by atoms with Crippen molar-refractivity contribution in [1.29, 1.82) is 0 Å². The minimum absolute atomic E-state index is 0.286. The Bertz CT molecular complexity index is 368. The summed E-state index contributed by atoms with van der Waals surface area (Å²) in [5.74, 6) is -1.35. The van der Waals surface area contributed by atoms with Gasteiger partial charge in [0.25, 0.3) is 0 Å². The van der Waals surface area contributed by atoms with Crippen molar-refractivity contribution in [3.63, 3.8) is 0 Å². The molecule has 15 heavy (non-hydrogen) atoms. The fourth-order valence-corrected chi connectivity index (χ4v) is 1.18. The highest BCUT2D eigenvalue weighted by molar-refractivity contribution is 5.79. The predicted molar refractivity (Wildman–Crippen MR) is 56.4 cm³/mol. The first-order valence-corrected chi connectivity index (χ1v) is 4.49. The van der Waals surface area contributed by atoms with Gasteiger partial charge in [0.1, 0.15) is 5.82 Å². The molecule has 0 atom stereocenters. The number of carbonyl (C=O) groups is 1. The number of anilines is 1. The van der Waals surface area contributed by atoms with Gasteiger partial charge in [0.2, 0.25) is 0 Å². The third kappa shape index (κ3) is 3.42. The standard InChI is InChI=1S/C11H12FNO2/c1-8-4-2-5-9(12)11(8)13-7-3-6-10(14)15/h2-6,13H,7H2,1H3,(H,14,15)/b6-3+. The van der Waals surface area contributed by atoms with Crippen molar-refractivity contribution >= 4 is 11.7 Å². The number of benzene rings is 1. The highest BCUT2D eigenvalue weighted by Gasteiger charge is 2.02. The van der Waals surface area contributed by atoms with Gasteiger partial charge in [0.05, 0.1) is 5.69 Å². The Kier molecular flexibility index (Phi) is 3.85. The molecule has 1 aromatic rings. The fraction of sp³-hybridized carbons (Fsp3) is 0.182. The summed E-state index contributed by atoms with van der Waals surface area (Å²) in [5.41, 5.74) is 1.20. The van der Waals surface area contributed by atoms with Crippen LogP contribution in [0.1, 0.15) is 5.56 Å². The molecule has 0 saturated heterocycles. The van der Waals surface area contributed by atoms with Gasteiger partial charge in [-0.1, -0.05) is 18.2 Å². The number of carboxylic acid groups (broad SMARTS) is 1. The second kappa shape index (κ2) is 5.14. The molecule has 80 valence electrons. The van der Waals surface area contributed by atoms with Crippen LogP contribution in [0.3, 0.4) is 0 Å². The highest BCUT2D eigenvalue weighted by atomic mass is 19.1. The maximum absolute atomic E-state index is 13.2. The summed E-state index contributed by atoms with van der Waals surface area (Å²) in [7, 11) is 0. The number of nitrogens with one attached hydrogen (secondary N) is 1. The normalized spacial score (nSPS) is 10.5. The molecule has 0 spiro atoms. The maximum Gasteiger partial charge on any atom is 0.328 e. The molecule has 0 aromatic heterocycles. The molecule has 0 radical (unpaired) electrons. The number of hydrogen-bond donors (Lipinski definition) is 2. The number of rotatable bonds is 4. The van der Waals surface area contributed by atoms with Gasteiger partial charge in [-0.15, -0.1) is 0 Å². The highest BCUT2D eigenvalue weighted by Crippen LogP contribution is 2.17. The van der Waals surface area contributed by atoms with E-state index in [2.05, 4.69) is 5.32 Å². The lowest BCUT2D eigenvalue weighted by atomic mass is 10.2. The van der Waals surface area contributed by atoms with E-state index in [9.17, 15) is 9.18 Å². The Hall–Kier alpha value is -1.84. The summed E-state index contributed by atoms with van der Waals surface area (Å²) in [4.78, 5) is 10.2. The van der Waals surface area contributed by atoms with Crippen LogP contribution in [0.25, 0.3) is 0 Å². The molecule has 0 aliphatic rings. The van der Waals surface area contributed by atoms with Crippen LogP contribution < -0.4 is 5.32 Å². The molecule has 2 N–H and O–H groups in total. The summed E-state index contributed by atoms with van der Waals surface area (Å²) < 4.78 is 13.2. The molecular formula is C11H12FNO2. The second-order valence-electron chi connectivity index (χ2n) is 3.05. The molecule has 1 rings (SSSR count). The van der Waals surface area contributed by atoms with Crippen LogP contribution in [0.15, 0.2) is 30.4 Å². The maximum atomic E-state index is 13.2. The smallest absolute Gasteiger partial charge is 0.328 e. The van der Waals surface area contributed by atoms with Crippen LogP contribution in [0.5, 0.6) is 0 Å². The zero-order valence-corrected chi connectivity index (χ0v) is 8.33. The van der Waals surface area contributed by atoms with E-state index in [1.807, 2.05) is 0 Å². The lowest BCUT2D eigenvalue weighted by Crippen LogP contribution is -2.03. The number of para-hydroxylation sites is 1. The molecule has 4 heteroatoms. The molecule has 0 fully saturated rings. The summed E-state index contributed by atoms with van der Waals surface area (Å²) in [6.07, 6.45) is 2.44. The van der Waals surface area contributed by atoms with E-state index in [0.717, 1.165) is 11.6 Å². The summed E-state index contributed by atoms with van der Waals surface area (Å²) in [5, 5.41) is 11.1. The van der Waals surface area contributed by atoms with E-state index in [-0.39, 0.29) is 12.4 Å². The quantitative estimate of drug-likeness (QED) is 0.747. The van der Waals surface area contributed by atoms with Crippen LogP contribution in [0, 0.1) is 12.7 Å². The summed E-state index contributed by atoms with van der Waals surface area (Å²) in [6.45, 7) is 2.07. The fourth-order valence-electron chi connectivity index (χ4n) is 1.18. The Morgan fingerprint density at radius 2 is 2.33 bits per heavy atom. The number of aryl methyl sites for hydroxylation is 1. The van der Waals surface area contributed by atoms with Gasteiger partial charge < -0.3 is 10.4 Å². The zero-order valence-electron chi connectivity index (χ0n) is 8.33. The molecule has 0 unspecified atom stereocenters. The molecule has 0 bridgehead atoms. The molecular weight excluding hydrogens is 197 g/mol. The lowest BCUT2D eigenvalue weighted by molar-refractivity contribution is -0.131. The van der Waals surface area contributed by atoms with Gasteiger partial charge in [-0.3, -0.25) is 0 Å². The average molecular weight is 209 g/mol. The first kappa shape index (κ1) is 11.2. The van der Waals surface area contributed by atoms with Gasteiger partial charge >= 0.3 is 5.97 Å². The SMILES string of the molecule is Cc1cccc(F)c1NC/C=C/C(=O)O. The zero-order chi connectivity index (χ0) is 11.3. The molecule has 0 saturated carbocycles. The van der Waals surface area contributed by atoms with E-state index in [1.54, 1.807) is 19.1 Å². The Morgan fingerprint density at radius 1 is 1.60 bits per heavy atom. The third-order valence-electron chi connectivity index (χ3n) is 1.88. The van der Waals surface area contributed by atoms with Gasteiger partial charge in [0, 0.05) is 12.6 Å². The van der Waals surface area contributed by atoms with Crippen LogP contribution in [0.2, 0.25) is 0 Å². The van der Waals surface area contributed by atoms with Crippen LogP contribution in [-0.4, -0.2) is 17.6 Å². The van der Waals surface area contributed by atoms with Crippen molar-refractivity contribution in [1.82, 2.24) is 0 Å². The summed E-state index contributed by atoms with van der Waals surface area (Å²) >= 11 is 0. The first-order chi connectivity index (χ1) is 7.11. The van der Waals surface area contributed by atoms with Gasteiger partial charge in [-0.25, -0.2) is 9.18 Å². The number of hydrogen-bond acceptors (Lipinski definition) is 2. The largest absolute Gasteiger partial charge is 0.478 e. The minimum Gasteiger partial charge on any atom is -0.478 e. The second-order valence-corrected chi connectivity index (χ2v) is 3.05. The Morgan fingerprint density at radius 3 is 2.93 bits per heavy atom.